The minimum atomic E-state index is -0.394. The highest BCUT2D eigenvalue weighted by Gasteiger charge is 2.30. The zero-order valence-corrected chi connectivity index (χ0v) is 21.8. The average molecular weight is 525 g/mol. The highest BCUT2D eigenvalue weighted by molar-refractivity contribution is 8.03. The van der Waals surface area contributed by atoms with Gasteiger partial charge in [0.05, 0.1) is 25.6 Å². The number of carbonyl (C=O) groups excluding carboxylic acids is 4. The molecule has 0 radical (unpaired) electrons. The molecular formula is C26H24N2O6S2. The summed E-state index contributed by atoms with van der Waals surface area (Å²) in [5.41, 5.74) is 2.73. The van der Waals surface area contributed by atoms with Gasteiger partial charge in [-0.15, -0.1) is 23.5 Å². The molecule has 10 heteroatoms. The predicted molar refractivity (Wildman–Crippen MR) is 140 cm³/mol. The molecule has 2 heterocycles. The standard InChI is InChI=1S/C26H24N2O6S2/c1-15-11-21(17(13-19(15)33-3)27-23(29)5-6-24(27)30)35-9-10-36-22-12-16(2)20(34-4)14-18(22)28-25(31)7-8-26(28)32/h5-8,11-14H,9-10H2,1-4H3. The molecule has 0 aromatic heterocycles. The number of imide groups is 2. The number of ether oxygens (including phenoxy) is 2. The van der Waals surface area contributed by atoms with Crippen molar-refractivity contribution in [3.05, 3.63) is 59.7 Å². The molecule has 0 fully saturated rings. The summed E-state index contributed by atoms with van der Waals surface area (Å²) in [5, 5.41) is 0. The average Bonchev–Trinajstić information content (AvgIpc) is 3.36. The zero-order valence-electron chi connectivity index (χ0n) is 20.2. The summed E-state index contributed by atoms with van der Waals surface area (Å²) in [6.45, 7) is 3.80. The van der Waals surface area contributed by atoms with Crippen LogP contribution in [-0.4, -0.2) is 49.4 Å². The SMILES string of the molecule is COc1cc(N2C(=O)C=CC2=O)c(SCCSc2cc(C)c(OC)cc2N2C(=O)C=CC2=O)cc1C. The molecule has 0 N–H and O–H groups in total. The lowest BCUT2D eigenvalue weighted by Crippen LogP contribution is -2.30. The van der Waals surface area contributed by atoms with Crippen molar-refractivity contribution < 1.29 is 28.7 Å². The fourth-order valence-electron chi connectivity index (χ4n) is 3.90. The molecule has 0 saturated heterocycles. The van der Waals surface area contributed by atoms with Crippen molar-refractivity contribution in [3.63, 3.8) is 0 Å². The first-order valence-corrected chi connectivity index (χ1v) is 13.0. The molecule has 0 bridgehead atoms. The summed E-state index contributed by atoms with van der Waals surface area (Å²) in [6.07, 6.45) is 5.01. The molecule has 0 unspecified atom stereocenters. The quantitative estimate of drug-likeness (QED) is 0.275. The van der Waals surface area contributed by atoms with Gasteiger partial charge in [-0.2, -0.15) is 0 Å². The van der Waals surface area contributed by atoms with Crippen LogP contribution in [0.25, 0.3) is 0 Å². The first-order chi connectivity index (χ1) is 17.2. The number of hydrogen-bond acceptors (Lipinski definition) is 8. The van der Waals surface area contributed by atoms with Crippen molar-refractivity contribution in [2.45, 2.75) is 23.6 Å². The summed E-state index contributed by atoms with van der Waals surface area (Å²) in [6, 6.07) is 7.21. The van der Waals surface area contributed by atoms with Gasteiger partial charge in [0.1, 0.15) is 11.5 Å². The molecule has 0 spiro atoms. The summed E-state index contributed by atoms with van der Waals surface area (Å²) in [7, 11) is 3.09. The van der Waals surface area contributed by atoms with E-state index in [0.29, 0.717) is 34.4 Å². The van der Waals surface area contributed by atoms with Crippen molar-refractivity contribution in [2.75, 3.05) is 35.5 Å². The number of nitrogens with zero attached hydrogens (tertiary/aromatic N) is 2. The normalized spacial score (nSPS) is 15.0. The van der Waals surface area contributed by atoms with Crippen molar-refractivity contribution in [1.82, 2.24) is 0 Å². The third kappa shape index (κ3) is 4.91. The Hall–Kier alpha value is -3.50. The number of amides is 4. The summed E-state index contributed by atoms with van der Waals surface area (Å²) in [4.78, 5) is 53.1. The van der Waals surface area contributed by atoms with E-state index in [1.165, 1.54) is 47.8 Å². The Morgan fingerprint density at radius 3 is 1.25 bits per heavy atom. The van der Waals surface area contributed by atoms with E-state index < -0.39 is 23.6 Å². The molecule has 2 aliphatic rings. The lowest BCUT2D eigenvalue weighted by atomic mass is 10.2. The third-order valence-electron chi connectivity index (χ3n) is 5.65. The van der Waals surface area contributed by atoms with Gasteiger partial charge in [0, 0.05) is 57.7 Å². The smallest absolute Gasteiger partial charge is 0.258 e. The molecular weight excluding hydrogens is 500 g/mol. The topological polar surface area (TPSA) is 93.2 Å². The van der Waals surface area contributed by atoms with Crippen LogP contribution in [0, 0.1) is 13.8 Å². The van der Waals surface area contributed by atoms with Crippen molar-refractivity contribution in [1.29, 1.82) is 0 Å². The fourth-order valence-corrected chi connectivity index (χ4v) is 6.12. The Bertz CT molecular complexity index is 1200. The highest BCUT2D eigenvalue weighted by atomic mass is 32.2. The van der Waals surface area contributed by atoms with Gasteiger partial charge in [0.15, 0.2) is 0 Å². The maximum atomic E-state index is 12.3. The fraction of sp³-hybridized carbons (Fsp3) is 0.231. The largest absolute Gasteiger partial charge is 0.496 e. The van der Waals surface area contributed by atoms with Gasteiger partial charge < -0.3 is 9.47 Å². The first-order valence-electron chi connectivity index (χ1n) is 11.0. The number of hydrogen-bond donors (Lipinski definition) is 0. The first kappa shape index (κ1) is 25.6. The van der Waals surface area contributed by atoms with Gasteiger partial charge in [0.2, 0.25) is 0 Å². The van der Waals surface area contributed by atoms with E-state index >= 15 is 0 Å². The number of benzene rings is 2. The van der Waals surface area contributed by atoms with Crippen LogP contribution in [0.15, 0.2) is 58.4 Å². The van der Waals surface area contributed by atoms with Crippen molar-refractivity contribution >= 4 is 58.5 Å². The van der Waals surface area contributed by atoms with E-state index in [1.54, 1.807) is 26.4 Å². The van der Waals surface area contributed by atoms with Crippen LogP contribution in [0.4, 0.5) is 11.4 Å². The van der Waals surface area contributed by atoms with Crippen LogP contribution in [0.3, 0.4) is 0 Å². The Morgan fingerprint density at radius 2 is 0.944 bits per heavy atom. The minimum absolute atomic E-state index is 0.394. The number of methoxy groups -OCH3 is 2. The van der Waals surface area contributed by atoms with E-state index in [9.17, 15) is 19.2 Å². The second-order valence-corrected chi connectivity index (χ2v) is 10.2. The Morgan fingerprint density at radius 1 is 0.611 bits per heavy atom. The van der Waals surface area contributed by atoms with Gasteiger partial charge in [0.25, 0.3) is 23.6 Å². The van der Waals surface area contributed by atoms with Crippen LogP contribution in [0.1, 0.15) is 11.1 Å². The molecule has 0 saturated carbocycles. The van der Waals surface area contributed by atoms with Crippen LogP contribution >= 0.6 is 23.5 Å². The number of carbonyl (C=O) groups is 4. The second kappa shape index (κ2) is 10.6. The summed E-state index contributed by atoms with van der Waals surface area (Å²) < 4.78 is 10.8. The number of thioether (sulfide) groups is 2. The molecule has 4 amide bonds. The lowest BCUT2D eigenvalue weighted by Gasteiger charge is -2.21. The molecule has 2 aromatic rings. The molecule has 0 aliphatic carbocycles. The number of anilines is 2. The van der Waals surface area contributed by atoms with E-state index in [2.05, 4.69) is 0 Å². The van der Waals surface area contributed by atoms with Crippen LogP contribution in [0.2, 0.25) is 0 Å². The van der Waals surface area contributed by atoms with Crippen LogP contribution in [0.5, 0.6) is 11.5 Å². The van der Waals surface area contributed by atoms with Gasteiger partial charge in [-0.3, -0.25) is 19.2 Å². The van der Waals surface area contributed by atoms with Gasteiger partial charge in [-0.25, -0.2) is 9.80 Å². The number of rotatable bonds is 9. The summed E-state index contributed by atoms with van der Waals surface area (Å²) in [5.74, 6) is 0.868. The molecule has 8 nitrogen and oxygen atoms in total. The molecule has 2 aliphatic heterocycles. The Balaban J connectivity index is 1.54. The Labute approximate surface area is 217 Å². The predicted octanol–water partition coefficient (Wildman–Crippen LogP) is 4.06. The molecule has 0 atom stereocenters. The number of aryl methyl sites for hydroxylation is 2. The molecule has 2 aromatic carbocycles. The third-order valence-corrected chi connectivity index (χ3v) is 8.00. The maximum Gasteiger partial charge on any atom is 0.258 e. The van der Waals surface area contributed by atoms with Crippen molar-refractivity contribution in [2.24, 2.45) is 0 Å². The monoisotopic (exact) mass is 524 g/mol. The second-order valence-electron chi connectivity index (χ2n) is 7.97. The van der Waals surface area contributed by atoms with E-state index in [4.69, 9.17) is 9.47 Å². The maximum absolute atomic E-state index is 12.3. The lowest BCUT2D eigenvalue weighted by molar-refractivity contribution is -0.121. The zero-order chi connectivity index (χ0) is 26.0. The van der Waals surface area contributed by atoms with E-state index in [-0.39, 0.29) is 0 Å². The van der Waals surface area contributed by atoms with E-state index in [0.717, 1.165) is 30.7 Å². The van der Waals surface area contributed by atoms with Gasteiger partial charge >= 0.3 is 0 Å². The van der Waals surface area contributed by atoms with Crippen LogP contribution in [-0.2, 0) is 19.2 Å². The molecule has 4 rings (SSSR count). The highest BCUT2D eigenvalue weighted by Crippen LogP contribution is 2.40. The van der Waals surface area contributed by atoms with Crippen LogP contribution < -0.4 is 19.3 Å². The molecule has 36 heavy (non-hydrogen) atoms. The minimum Gasteiger partial charge on any atom is -0.496 e. The summed E-state index contributed by atoms with van der Waals surface area (Å²) >= 11 is 3.01. The van der Waals surface area contributed by atoms with Gasteiger partial charge in [-0.1, -0.05) is 0 Å². The van der Waals surface area contributed by atoms with Crippen molar-refractivity contribution in [3.8, 4) is 11.5 Å². The van der Waals surface area contributed by atoms with Gasteiger partial charge in [-0.05, 0) is 37.1 Å². The van der Waals surface area contributed by atoms with E-state index in [1.807, 2.05) is 26.0 Å². The Kier molecular flexibility index (Phi) is 7.56. The molecule has 186 valence electrons.